The second-order valence-electron chi connectivity index (χ2n) is 7.46. The summed E-state index contributed by atoms with van der Waals surface area (Å²) in [4.78, 5) is 39.1. The zero-order valence-corrected chi connectivity index (χ0v) is 17.9. The number of hydrogen-bond acceptors (Lipinski definition) is 5. The van der Waals surface area contributed by atoms with E-state index in [1.807, 2.05) is 18.2 Å². The first-order valence-corrected chi connectivity index (χ1v) is 10.1. The third-order valence-electron chi connectivity index (χ3n) is 5.53. The smallest absolute Gasteiger partial charge is 0.337 e. The predicted octanol–water partition coefficient (Wildman–Crippen LogP) is 2.75. The first-order chi connectivity index (χ1) is 15.3. The van der Waals surface area contributed by atoms with Crippen molar-refractivity contribution in [1.29, 1.82) is 0 Å². The molecule has 0 saturated carbocycles. The lowest BCUT2D eigenvalue weighted by atomic mass is 9.81. The lowest BCUT2D eigenvalue weighted by Gasteiger charge is -2.32. The number of nitrogens with one attached hydrogen (secondary N) is 1. The van der Waals surface area contributed by atoms with Crippen LogP contribution in [-0.2, 0) is 23.6 Å². The van der Waals surface area contributed by atoms with E-state index in [1.165, 1.54) is 36.9 Å². The van der Waals surface area contributed by atoms with Crippen LogP contribution in [-0.4, -0.2) is 21.7 Å². The molecular weight excluding hydrogens is 413 g/mol. The van der Waals surface area contributed by atoms with Crippen LogP contribution >= 0.6 is 0 Å². The molecule has 1 aliphatic rings. The van der Waals surface area contributed by atoms with Crippen LogP contribution in [0.2, 0.25) is 0 Å². The number of halogens is 1. The Morgan fingerprint density at radius 1 is 1.06 bits per heavy atom. The molecular formula is C24H22FN3O4. The number of ether oxygens (including phenoxy) is 1. The topological polar surface area (TPSA) is 82.3 Å². The Balaban J connectivity index is 2.14. The fourth-order valence-corrected chi connectivity index (χ4v) is 4.04. The van der Waals surface area contributed by atoms with Gasteiger partial charge in [-0.2, -0.15) is 0 Å². The van der Waals surface area contributed by atoms with Crippen molar-refractivity contribution in [2.45, 2.75) is 12.8 Å². The van der Waals surface area contributed by atoms with Crippen molar-refractivity contribution in [2.24, 2.45) is 14.1 Å². The molecule has 7 nitrogen and oxygen atoms in total. The summed E-state index contributed by atoms with van der Waals surface area (Å²) in [6, 6.07) is 14.8. The molecule has 0 aliphatic carbocycles. The van der Waals surface area contributed by atoms with Crippen LogP contribution in [0, 0.1) is 5.82 Å². The standard InChI is InChI=1S/C24H22FN3O4/c1-4-32-23(30)18-17(15-11-8-12-16(25)13-15)19-21(27(2)24(31)28(3)22(19)29)26-20(18)14-9-6-5-7-10-14/h5-13,17,26H,4H2,1-3H3/t17-/m0/s1. The summed E-state index contributed by atoms with van der Waals surface area (Å²) < 4.78 is 21.9. The Hall–Kier alpha value is -3.94. The van der Waals surface area contributed by atoms with Gasteiger partial charge in [-0.3, -0.25) is 13.9 Å². The quantitative estimate of drug-likeness (QED) is 0.638. The molecule has 0 fully saturated rings. The van der Waals surface area contributed by atoms with Crippen molar-refractivity contribution < 1.29 is 13.9 Å². The van der Waals surface area contributed by atoms with Crippen molar-refractivity contribution in [2.75, 3.05) is 11.9 Å². The van der Waals surface area contributed by atoms with Crippen LogP contribution in [0.15, 0.2) is 69.8 Å². The van der Waals surface area contributed by atoms with Gasteiger partial charge >= 0.3 is 11.7 Å². The Morgan fingerprint density at radius 3 is 2.44 bits per heavy atom. The van der Waals surface area contributed by atoms with E-state index in [-0.39, 0.29) is 23.6 Å². The molecule has 164 valence electrons. The zero-order chi connectivity index (χ0) is 23.0. The van der Waals surface area contributed by atoms with Gasteiger partial charge in [0.2, 0.25) is 0 Å². The summed E-state index contributed by atoms with van der Waals surface area (Å²) >= 11 is 0. The fourth-order valence-electron chi connectivity index (χ4n) is 4.04. The molecule has 32 heavy (non-hydrogen) atoms. The normalized spacial score (nSPS) is 15.2. The second kappa shape index (κ2) is 8.30. The van der Waals surface area contributed by atoms with Gasteiger partial charge in [-0.15, -0.1) is 0 Å². The van der Waals surface area contributed by atoms with Gasteiger partial charge in [-0.1, -0.05) is 42.5 Å². The summed E-state index contributed by atoms with van der Waals surface area (Å²) in [5.41, 5.74) is 0.713. The number of anilines is 1. The first-order valence-electron chi connectivity index (χ1n) is 10.1. The van der Waals surface area contributed by atoms with Crippen LogP contribution in [0.25, 0.3) is 5.70 Å². The predicted molar refractivity (Wildman–Crippen MR) is 119 cm³/mol. The van der Waals surface area contributed by atoms with Gasteiger partial charge in [0, 0.05) is 14.1 Å². The van der Waals surface area contributed by atoms with Crippen molar-refractivity contribution in [1.82, 2.24) is 9.13 Å². The minimum absolute atomic E-state index is 0.123. The first kappa shape index (κ1) is 21.3. The maximum Gasteiger partial charge on any atom is 0.337 e. The highest BCUT2D eigenvalue weighted by Crippen LogP contribution is 2.42. The van der Waals surface area contributed by atoms with E-state index in [4.69, 9.17) is 4.74 Å². The number of aromatic nitrogens is 2. The number of fused-ring (bicyclic) bond motifs is 1. The summed E-state index contributed by atoms with van der Waals surface area (Å²) in [5.74, 6) is -1.83. The van der Waals surface area contributed by atoms with E-state index < -0.39 is 29.0 Å². The molecule has 0 radical (unpaired) electrons. The summed E-state index contributed by atoms with van der Waals surface area (Å²) in [6.07, 6.45) is 0. The van der Waals surface area contributed by atoms with Crippen molar-refractivity contribution in [3.8, 4) is 0 Å². The van der Waals surface area contributed by atoms with Gasteiger partial charge in [-0.25, -0.2) is 14.0 Å². The third kappa shape index (κ3) is 3.43. The van der Waals surface area contributed by atoms with E-state index in [9.17, 15) is 18.8 Å². The molecule has 2 heterocycles. The van der Waals surface area contributed by atoms with E-state index in [0.29, 0.717) is 16.8 Å². The van der Waals surface area contributed by atoms with E-state index in [1.54, 1.807) is 25.1 Å². The largest absolute Gasteiger partial charge is 0.463 e. The van der Waals surface area contributed by atoms with Crippen LogP contribution in [0.5, 0.6) is 0 Å². The van der Waals surface area contributed by atoms with Gasteiger partial charge in [0.15, 0.2) is 0 Å². The fraction of sp³-hybridized carbons (Fsp3) is 0.208. The van der Waals surface area contributed by atoms with Crippen LogP contribution in [0.1, 0.15) is 29.5 Å². The van der Waals surface area contributed by atoms with Crippen molar-refractivity contribution >= 4 is 17.5 Å². The molecule has 0 bridgehead atoms. The van der Waals surface area contributed by atoms with Crippen molar-refractivity contribution in [3.63, 3.8) is 0 Å². The monoisotopic (exact) mass is 435 g/mol. The molecule has 0 saturated heterocycles. The lowest BCUT2D eigenvalue weighted by Crippen LogP contribution is -2.43. The van der Waals surface area contributed by atoms with Gasteiger partial charge in [0.05, 0.1) is 29.4 Å². The maximum absolute atomic E-state index is 14.2. The zero-order valence-electron chi connectivity index (χ0n) is 17.9. The van der Waals surface area contributed by atoms with E-state index in [2.05, 4.69) is 5.32 Å². The molecule has 0 amide bonds. The molecule has 8 heteroatoms. The van der Waals surface area contributed by atoms with Crippen molar-refractivity contribution in [3.05, 3.63) is 104 Å². The molecule has 4 rings (SSSR count). The van der Waals surface area contributed by atoms with Gasteiger partial charge in [-0.05, 0) is 30.2 Å². The number of nitrogens with zero attached hydrogens (tertiary/aromatic N) is 2. The summed E-state index contributed by atoms with van der Waals surface area (Å²) in [7, 11) is 2.91. The van der Waals surface area contributed by atoms with Gasteiger partial charge in [0.1, 0.15) is 11.6 Å². The second-order valence-corrected chi connectivity index (χ2v) is 7.46. The third-order valence-corrected chi connectivity index (χ3v) is 5.53. The Morgan fingerprint density at radius 2 is 1.78 bits per heavy atom. The van der Waals surface area contributed by atoms with Crippen LogP contribution < -0.4 is 16.6 Å². The maximum atomic E-state index is 14.2. The van der Waals surface area contributed by atoms with E-state index >= 15 is 0 Å². The van der Waals surface area contributed by atoms with E-state index in [0.717, 1.165) is 4.57 Å². The van der Waals surface area contributed by atoms with Crippen LogP contribution in [0.4, 0.5) is 10.2 Å². The lowest BCUT2D eigenvalue weighted by molar-refractivity contribution is -0.138. The Kier molecular flexibility index (Phi) is 5.52. The molecule has 3 aromatic rings. The molecule has 1 N–H and O–H groups in total. The molecule has 1 aromatic heterocycles. The minimum atomic E-state index is -0.943. The highest BCUT2D eigenvalue weighted by molar-refractivity contribution is 6.04. The average Bonchev–Trinajstić information content (AvgIpc) is 2.80. The summed E-state index contributed by atoms with van der Waals surface area (Å²) in [6.45, 7) is 1.81. The van der Waals surface area contributed by atoms with Gasteiger partial charge in [0.25, 0.3) is 5.56 Å². The molecule has 2 aromatic carbocycles. The highest BCUT2D eigenvalue weighted by Gasteiger charge is 2.39. The Bertz CT molecular complexity index is 1360. The van der Waals surface area contributed by atoms with Gasteiger partial charge < -0.3 is 10.1 Å². The molecule has 0 spiro atoms. The SMILES string of the molecule is CCOC(=O)C1=C(c2ccccc2)Nc2c(c(=O)n(C)c(=O)n2C)[C@H]1c1cccc(F)c1. The average molecular weight is 435 g/mol. The number of hydrogen-bond donors (Lipinski definition) is 1. The number of rotatable bonds is 4. The molecule has 0 unspecified atom stereocenters. The molecule has 1 atom stereocenters. The number of esters is 1. The highest BCUT2D eigenvalue weighted by atomic mass is 19.1. The number of carbonyl (C=O) groups is 1. The van der Waals surface area contributed by atoms with Crippen LogP contribution in [0.3, 0.4) is 0 Å². The Labute approximate surface area is 183 Å². The minimum Gasteiger partial charge on any atom is -0.463 e. The summed E-state index contributed by atoms with van der Waals surface area (Å²) in [5, 5.41) is 3.13. The number of benzene rings is 2. The number of carbonyl (C=O) groups excluding carboxylic acids is 1. The molecule has 1 aliphatic heterocycles.